The van der Waals surface area contributed by atoms with E-state index in [0.29, 0.717) is 30.0 Å². The number of carbonyl (C=O) groups is 1. The number of rotatable bonds is 3. The van der Waals surface area contributed by atoms with Crippen LogP contribution in [0.1, 0.15) is 34.3 Å². The van der Waals surface area contributed by atoms with Crippen molar-refractivity contribution < 1.29 is 13.2 Å². The monoisotopic (exact) mass is 359 g/mol. The van der Waals surface area contributed by atoms with Gasteiger partial charge in [-0.1, -0.05) is 12.1 Å². The molecule has 0 aliphatic carbocycles. The SMILES string of the molecule is Cc1ccc(NC(=O)c2ccc(C)c(N3CCCCS3(=O)=O)c2)nc1. The average molecular weight is 359 g/mol. The fourth-order valence-corrected chi connectivity index (χ4v) is 4.50. The van der Waals surface area contributed by atoms with Gasteiger partial charge in [0.15, 0.2) is 0 Å². The summed E-state index contributed by atoms with van der Waals surface area (Å²) in [4.78, 5) is 16.6. The number of hydrogen-bond acceptors (Lipinski definition) is 4. The number of anilines is 2. The van der Waals surface area contributed by atoms with E-state index in [4.69, 9.17) is 0 Å². The van der Waals surface area contributed by atoms with Crippen LogP contribution in [0.5, 0.6) is 0 Å². The molecule has 0 spiro atoms. The zero-order valence-electron chi connectivity index (χ0n) is 14.3. The molecule has 0 atom stereocenters. The van der Waals surface area contributed by atoms with Gasteiger partial charge in [0.25, 0.3) is 5.91 Å². The van der Waals surface area contributed by atoms with Crippen molar-refractivity contribution in [3.8, 4) is 0 Å². The summed E-state index contributed by atoms with van der Waals surface area (Å²) in [5, 5.41) is 2.74. The molecule has 1 aromatic heterocycles. The summed E-state index contributed by atoms with van der Waals surface area (Å²) in [6.07, 6.45) is 3.18. The van der Waals surface area contributed by atoms with Crippen LogP contribution in [0.4, 0.5) is 11.5 Å². The Morgan fingerprint density at radius 2 is 1.96 bits per heavy atom. The van der Waals surface area contributed by atoms with Crippen molar-refractivity contribution in [3.05, 3.63) is 53.2 Å². The number of aryl methyl sites for hydroxylation is 2. The molecule has 0 bridgehead atoms. The largest absolute Gasteiger partial charge is 0.307 e. The van der Waals surface area contributed by atoms with Crippen LogP contribution in [0.3, 0.4) is 0 Å². The number of amides is 1. The number of pyridine rings is 1. The van der Waals surface area contributed by atoms with E-state index in [1.807, 2.05) is 19.9 Å². The summed E-state index contributed by atoms with van der Waals surface area (Å²) in [5.74, 6) is 0.297. The van der Waals surface area contributed by atoms with E-state index >= 15 is 0 Å². The van der Waals surface area contributed by atoms with Crippen molar-refractivity contribution in [2.45, 2.75) is 26.7 Å². The molecule has 1 aliphatic rings. The lowest BCUT2D eigenvalue weighted by Gasteiger charge is -2.29. The minimum atomic E-state index is -3.32. The lowest BCUT2D eigenvalue weighted by Crippen LogP contribution is -2.38. The first-order chi connectivity index (χ1) is 11.9. The quantitative estimate of drug-likeness (QED) is 0.914. The predicted octanol–water partition coefficient (Wildman–Crippen LogP) is 2.88. The maximum Gasteiger partial charge on any atom is 0.256 e. The molecule has 132 valence electrons. The first kappa shape index (κ1) is 17.4. The lowest BCUT2D eigenvalue weighted by molar-refractivity contribution is 0.102. The molecule has 0 unspecified atom stereocenters. The van der Waals surface area contributed by atoms with Crippen molar-refractivity contribution in [2.75, 3.05) is 21.9 Å². The van der Waals surface area contributed by atoms with E-state index in [9.17, 15) is 13.2 Å². The maximum absolute atomic E-state index is 12.5. The summed E-state index contributed by atoms with van der Waals surface area (Å²) in [5.41, 5.74) is 2.81. The van der Waals surface area contributed by atoms with Crippen molar-refractivity contribution in [2.24, 2.45) is 0 Å². The average Bonchev–Trinajstić information content (AvgIpc) is 2.57. The molecule has 0 saturated carbocycles. The Labute approximate surface area is 147 Å². The van der Waals surface area contributed by atoms with Crippen molar-refractivity contribution >= 4 is 27.4 Å². The standard InChI is InChI=1S/C18H21N3O3S/c1-13-5-8-17(19-12-13)20-18(22)15-7-6-14(2)16(11-15)21-9-3-4-10-25(21,23)24/h5-8,11-12H,3-4,9-10H2,1-2H3,(H,19,20,22). The molecule has 6 nitrogen and oxygen atoms in total. The Morgan fingerprint density at radius 1 is 1.16 bits per heavy atom. The number of aromatic nitrogens is 1. The molecule has 25 heavy (non-hydrogen) atoms. The molecule has 2 heterocycles. The molecule has 7 heteroatoms. The molecular formula is C18H21N3O3S. The van der Waals surface area contributed by atoms with Crippen LogP contribution in [-0.2, 0) is 10.0 Å². The molecular weight excluding hydrogens is 338 g/mol. The molecule has 0 radical (unpaired) electrons. The van der Waals surface area contributed by atoms with E-state index in [0.717, 1.165) is 17.5 Å². The highest BCUT2D eigenvalue weighted by molar-refractivity contribution is 7.92. The highest BCUT2D eigenvalue weighted by Gasteiger charge is 2.27. The van der Waals surface area contributed by atoms with Gasteiger partial charge in [-0.3, -0.25) is 9.10 Å². The van der Waals surface area contributed by atoms with E-state index in [1.54, 1.807) is 30.5 Å². The Kier molecular flexibility index (Phi) is 4.76. The van der Waals surface area contributed by atoms with Crippen LogP contribution in [0, 0.1) is 13.8 Å². The number of carbonyl (C=O) groups excluding carboxylic acids is 1. The fourth-order valence-electron chi connectivity index (χ4n) is 2.81. The van der Waals surface area contributed by atoms with Gasteiger partial charge in [-0.15, -0.1) is 0 Å². The van der Waals surface area contributed by atoms with Gasteiger partial charge in [-0.25, -0.2) is 13.4 Å². The molecule has 1 aliphatic heterocycles. The number of benzene rings is 1. The smallest absolute Gasteiger partial charge is 0.256 e. The molecule has 1 fully saturated rings. The van der Waals surface area contributed by atoms with Gasteiger partial charge in [-0.05, 0) is 56.0 Å². The highest BCUT2D eigenvalue weighted by Crippen LogP contribution is 2.28. The van der Waals surface area contributed by atoms with E-state index < -0.39 is 10.0 Å². The fraction of sp³-hybridized carbons (Fsp3) is 0.333. The van der Waals surface area contributed by atoms with Crippen molar-refractivity contribution in [1.82, 2.24) is 4.98 Å². The topological polar surface area (TPSA) is 79.4 Å². The molecule has 1 saturated heterocycles. The predicted molar refractivity (Wildman–Crippen MR) is 98.5 cm³/mol. The minimum Gasteiger partial charge on any atom is -0.307 e. The highest BCUT2D eigenvalue weighted by atomic mass is 32.2. The van der Waals surface area contributed by atoms with Gasteiger partial charge in [0.1, 0.15) is 5.82 Å². The molecule has 1 N–H and O–H groups in total. The normalized spacial score (nSPS) is 16.5. The van der Waals surface area contributed by atoms with Gasteiger partial charge < -0.3 is 5.32 Å². The van der Waals surface area contributed by atoms with Crippen LogP contribution >= 0.6 is 0 Å². The van der Waals surface area contributed by atoms with Crippen LogP contribution in [0.15, 0.2) is 36.5 Å². The van der Waals surface area contributed by atoms with Crippen LogP contribution < -0.4 is 9.62 Å². The molecule has 1 aromatic carbocycles. The summed E-state index contributed by atoms with van der Waals surface area (Å²) >= 11 is 0. The van der Waals surface area contributed by atoms with Crippen LogP contribution in [0.25, 0.3) is 0 Å². The first-order valence-electron chi connectivity index (χ1n) is 8.22. The summed E-state index contributed by atoms with van der Waals surface area (Å²) in [6, 6.07) is 8.71. The Morgan fingerprint density at radius 3 is 2.64 bits per heavy atom. The molecule has 3 rings (SSSR count). The lowest BCUT2D eigenvalue weighted by atomic mass is 10.1. The molecule has 2 aromatic rings. The van der Waals surface area contributed by atoms with Crippen LogP contribution in [0.2, 0.25) is 0 Å². The van der Waals surface area contributed by atoms with Gasteiger partial charge >= 0.3 is 0 Å². The number of sulfonamides is 1. The Hall–Kier alpha value is -2.41. The van der Waals surface area contributed by atoms with Gasteiger partial charge in [0.05, 0.1) is 11.4 Å². The van der Waals surface area contributed by atoms with E-state index in [-0.39, 0.29) is 11.7 Å². The van der Waals surface area contributed by atoms with Gasteiger partial charge in [-0.2, -0.15) is 0 Å². The summed E-state index contributed by atoms with van der Waals surface area (Å²) < 4.78 is 26.1. The first-order valence-corrected chi connectivity index (χ1v) is 9.83. The second kappa shape index (κ2) is 6.84. The zero-order chi connectivity index (χ0) is 18.0. The Bertz CT molecular complexity index is 892. The summed E-state index contributed by atoms with van der Waals surface area (Å²) in [7, 11) is -3.32. The van der Waals surface area contributed by atoms with E-state index in [2.05, 4.69) is 10.3 Å². The maximum atomic E-state index is 12.5. The number of nitrogens with one attached hydrogen (secondary N) is 1. The number of nitrogens with zero attached hydrogens (tertiary/aromatic N) is 2. The molecule has 1 amide bonds. The second-order valence-electron chi connectivity index (χ2n) is 6.27. The van der Waals surface area contributed by atoms with Crippen molar-refractivity contribution in [3.63, 3.8) is 0 Å². The third kappa shape index (κ3) is 3.82. The minimum absolute atomic E-state index is 0.149. The zero-order valence-corrected chi connectivity index (χ0v) is 15.1. The Balaban J connectivity index is 1.88. The third-order valence-electron chi connectivity index (χ3n) is 4.24. The third-order valence-corrected chi connectivity index (χ3v) is 6.10. The van der Waals surface area contributed by atoms with Gasteiger partial charge in [0.2, 0.25) is 10.0 Å². The van der Waals surface area contributed by atoms with Gasteiger partial charge in [0, 0.05) is 18.3 Å². The van der Waals surface area contributed by atoms with E-state index in [1.165, 1.54) is 4.31 Å². The summed E-state index contributed by atoms with van der Waals surface area (Å²) in [6.45, 7) is 4.22. The second-order valence-corrected chi connectivity index (χ2v) is 8.28. The number of hydrogen-bond donors (Lipinski definition) is 1. The van der Waals surface area contributed by atoms with Crippen molar-refractivity contribution in [1.29, 1.82) is 0 Å². The van der Waals surface area contributed by atoms with Crippen LogP contribution in [-0.4, -0.2) is 31.6 Å².